The zero-order chi connectivity index (χ0) is 24.2. The molecule has 1 heterocycles. The van der Waals surface area contributed by atoms with Crippen LogP contribution in [0.3, 0.4) is 0 Å². The van der Waals surface area contributed by atoms with Crippen molar-refractivity contribution in [2.24, 2.45) is 5.92 Å². The predicted molar refractivity (Wildman–Crippen MR) is 136 cm³/mol. The lowest BCUT2D eigenvalue weighted by Gasteiger charge is -2.36. The lowest BCUT2D eigenvalue weighted by Crippen LogP contribution is -2.47. The van der Waals surface area contributed by atoms with Crippen LogP contribution >= 0.6 is 35.0 Å². The fourth-order valence-corrected chi connectivity index (χ4v) is 5.46. The lowest BCUT2D eigenvalue weighted by atomic mass is 10.0. The van der Waals surface area contributed by atoms with Gasteiger partial charge < -0.3 is 10.2 Å². The smallest absolute Gasteiger partial charge is 0.241 e. The Morgan fingerprint density at radius 3 is 2.59 bits per heavy atom. The summed E-state index contributed by atoms with van der Waals surface area (Å²) in [6.45, 7) is 2.42. The fourth-order valence-electron chi connectivity index (χ4n) is 3.82. The summed E-state index contributed by atoms with van der Waals surface area (Å²) >= 11 is 13.5. The highest BCUT2D eigenvalue weighted by Gasteiger charge is 2.39. The standard InChI is InChI=1S/C26H23Cl2FN2O2S/c1-16(25(32)30-13-12-17-6-9-19(27)10-7-17)24-26(33)31(22-4-2-3-5-23(22)34-24)15-18-8-11-20(29)14-21(18)28/h2-11,14,16,24H,12-13,15H2,1H3,(H,30,32)/t16-,24+/m0/s1. The summed E-state index contributed by atoms with van der Waals surface area (Å²) in [6.07, 6.45) is 0.666. The maximum atomic E-state index is 13.5. The summed E-state index contributed by atoms with van der Waals surface area (Å²) in [7, 11) is 0. The van der Waals surface area contributed by atoms with Gasteiger partial charge in [-0.3, -0.25) is 9.59 Å². The second kappa shape index (κ2) is 10.8. The molecule has 34 heavy (non-hydrogen) atoms. The normalized spacial score (nSPS) is 16.2. The number of benzene rings is 3. The second-order valence-corrected chi connectivity index (χ2v) is 10.1. The molecule has 4 rings (SSSR count). The first-order valence-electron chi connectivity index (χ1n) is 10.9. The summed E-state index contributed by atoms with van der Waals surface area (Å²) in [5.41, 5.74) is 2.46. The highest BCUT2D eigenvalue weighted by molar-refractivity contribution is 8.01. The van der Waals surface area contributed by atoms with Crippen molar-refractivity contribution in [2.45, 2.75) is 30.0 Å². The predicted octanol–water partition coefficient (Wildman–Crippen LogP) is 6.14. The van der Waals surface area contributed by atoms with E-state index in [2.05, 4.69) is 5.32 Å². The molecule has 8 heteroatoms. The van der Waals surface area contributed by atoms with Crippen molar-refractivity contribution < 1.29 is 14.0 Å². The fraction of sp³-hybridized carbons (Fsp3) is 0.231. The van der Waals surface area contributed by atoms with Crippen LogP contribution < -0.4 is 10.2 Å². The SMILES string of the molecule is C[C@H](C(=O)NCCc1ccc(Cl)cc1)[C@H]1Sc2ccccc2N(Cc2ccc(F)cc2Cl)C1=O. The van der Waals surface area contributed by atoms with Gasteiger partial charge in [0.25, 0.3) is 0 Å². The summed E-state index contributed by atoms with van der Waals surface area (Å²) in [5.74, 6) is -1.35. The van der Waals surface area contributed by atoms with Crippen molar-refractivity contribution >= 4 is 52.5 Å². The third-order valence-electron chi connectivity index (χ3n) is 5.76. The third kappa shape index (κ3) is 5.57. The molecule has 2 amide bonds. The number of hydrogen-bond acceptors (Lipinski definition) is 3. The van der Waals surface area contributed by atoms with Crippen LogP contribution in [0.25, 0.3) is 0 Å². The molecule has 3 aromatic rings. The zero-order valence-electron chi connectivity index (χ0n) is 18.4. The van der Waals surface area contributed by atoms with E-state index in [1.54, 1.807) is 17.9 Å². The molecule has 0 radical (unpaired) electrons. The van der Waals surface area contributed by atoms with Crippen LogP contribution in [-0.2, 0) is 22.6 Å². The molecule has 0 aromatic heterocycles. The molecule has 176 valence electrons. The van der Waals surface area contributed by atoms with E-state index in [0.29, 0.717) is 23.6 Å². The van der Waals surface area contributed by atoms with Gasteiger partial charge in [0, 0.05) is 21.5 Å². The van der Waals surface area contributed by atoms with Gasteiger partial charge >= 0.3 is 0 Å². The van der Waals surface area contributed by atoms with Gasteiger partial charge in [-0.1, -0.05) is 60.5 Å². The average molecular weight is 517 g/mol. The number of rotatable bonds is 7. The number of amides is 2. The van der Waals surface area contributed by atoms with Crippen LogP contribution in [0.15, 0.2) is 71.6 Å². The second-order valence-electron chi connectivity index (χ2n) is 8.12. The number of thioether (sulfide) groups is 1. The highest BCUT2D eigenvalue weighted by Crippen LogP contribution is 2.42. The van der Waals surface area contributed by atoms with Gasteiger partial charge in [-0.25, -0.2) is 4.39 Å². The van der Waals surface area contributed by atoms with Crippen molar-refractivity contribution in [1.82, 2.24) is 5.32 Å². The first kappa shape index (κ1) is 24.6. The van der Waals surface area contributed by atoms with Crippen LogP contribution in [0.5, 0.6) is 0 Å². The van der Waals surface area contributed by atoms with E-state index in [0.717, 1.165) is 16.1 Å². The Kier molecular flexibility index (Phi) is 7.81. The van der Waals surface area contributed by atoms with E-state index in [4.69, 9.17) is 23.2 Å². The van der Waals surface area contributed by atoms with Crippen molar-refractivity contribution in [2.75, 3.05) is 11.4 Å². The van der Waals surface area contributed by atoms with Crippen LogP contribution in [0.4, 0.5) is 10.1 Å². The highest BCUT2D eigenvalue weighted by atomic mass is 35.5. The molecule has 0 fully saturated rings. The molecule has 0 aliphatic carbocycles. The molecule has 0 spiro atoms. The Morgan fingerprint density at radius 2 is 1.85 bits per heavy atom. The van der Waals surface area contributed by atoms with Gasteiger partial charge in [-0.05, 0) is 53.9 Å². The van der Waals surface area contributed by atoms with Crippen molar-refractivity contribution in [3.63, 3.8) is 0 Å². The molecular formula is C26H23Cl2FN2O2S. The molecule has 0 bridgehead atoms. The number of nitrogens with zero attached hydrogens (tertiary/aromatic N) is 1. The Hall–Kier alpha value is -2.54. The van der Waals surface area contributed by atoms with E-state index < -0.39 is 17.0 Å². The van der Waals surface area contributed by atoms with Crippen LogP contribution in [0.1, 0.15) is 18.1 Å². The van der Waals surface area contributed by atoms with Gasteiger partial charge in [0.1, 0.15) is 11.1 Å². The average Bonchev–Trinajstić information content (AvgIpc) is 2.82. The molecule has 1 aliphatic rings. The van der Waals surface area contributed by atoms with E-state index >= 15 is 0 Å². The van der Waals surface area contributed by atoms with Crippen LogP contribution in [0, 0.1) is 11.7 Å². The Bertz CT molecular complexity index is 1210. The third-order valence-corrected chi connectivity index (χ3v) is 7.82. The first-order chi connectivity index (χ1) is 16.3. The van der Waals surface area contributed by atoms with Crippen molar-refractivity contribution in [1.29, 1.82) is 0 Å². The molecule has 2 atom stereocenters. The monoisotopic (exact) mass is 516 g/mol. The van der Waals surface area contributed by atoms with Gasteiger partial charge in [0.15, 0.2) is 0 Å². The molecular weight excluding hydrogens is 494 g/mol. The number of anilines is 1. The quantitative estimate of drug-likeness (QED) is 0.410. The number of hydrogen-bond donors (Lipinski definition) is 1. The molecule has 1 N–H and O–H groups in total. The molecule has 1 aliphatic heterocycles. The van der Waals surface area contributed by atoms with Crippen LogP contribution in [0.2, 0.25) is 10.0 Å². The largest absolute Gasteiger partial charge is 0.355 e. The zero-order valence-corrected chi connectivity index (χ0v) is 20.8. The maximum absolute atomic E-state index is 13.5. The summed E-state index contributed by atoms with van der Waals surface area (Å²) in [5, 5.41) is 3.28. The molecule has 4 nitrogen and oxygen atoms in total. The minimum Gasteiger partial charge on any atom is -0.355 e. The number of para-hydroxylation sites is 1. The number of nitrogens with one attached hydrogen (secondary N) is 1. The van der Waals surface area contributed by atoms with E-state index in [9.17, 15) is 14.0 Å². The Labute approximate surface area is 212 Å². The number of carbonyl (C=O) groups is 2. The molecule has 3 aromatic carbocycles. The van der Waals surface area contributed by atoms with Gasteiger partial charge in [0.05, 0.1) is 18.2 Å². The van der Waals surface area contributed by atoms with E-state index in [1.807, 2.05) is 48.5 Å². The van der Waals surface area contributed by atoms with Crippen molar-refractivity contribution in [3.8, 4) is 0 Å². The summed E-state index contributed by atoms with van der Waals surface area (Å²) < 4.78 is 13.5. The van der Waals surface area contributed by atoms with E-state index in [-0.39, 0.29) is 23.4 Å². The first-order valence-corrected chi connectivity index (χ1v) is 12.5. The Balaban J connectivity index is 1.48. The molecule has 0 saturated carbocycles. The van der Waals surface area contributed by atoms with Crippen LogP contribution in [-0.4, -0.2) is 23.6 Å². The lowest BCUT2D eigenvalue weighted by molar-refractivity contribution is -0.128. The number of halogens is 3. The van der Waals surface area contributed by atoms with Gasteiger partial charge in [-0.15, -0.1) is 11.8 Å². The maximum Gasteiger partial charge on any atom is 0.241 e. The number of fused-ring (bicyclic) bond motifs is 1. The minimum absolute atomic E-state index is 0.176. The molecule has 0 saturated heterocycles. The summed E-state index contributed by atoms with van der Waals surface area (Å²) in [6, 6.07) is 19.2. The topological polar surface area (TPSA) is 49.4 Å². The number of carbonyl (C=O) groups excluding carboxylic acids is 2. The molecule has 0 unspecified atom stereocenters. The van der Waals surface area contributed by atoms with Gasteiger partial charge in [0.2, 0.25) is 11.8 Å². The van der Waals surface area contributed by atoms with Crippen molar-refractivity contribution in [3.05, 3.63) is 93.7 Å². The minimum atomic E-state index is -0.593. The van der Waals surface area contributed by atoms with Gasteiger partial charge in [-0.2, -0.15) is 0 Å². The van der Waals surface area contributed by atoms with E-state index in [1.165, 1.54) is 23.9 Å². The Morgan fingerprint density at radius 1 is 1.12 bits per heavy atom. The summed E-state index contributed by atoms with van der Waals surface area (Å²) in [4.78, 5) is 29.0.